The van der Waals surface area contributed by atoms with Gasteiger partial charge in [0.05, 0.1) is 10.5 Å². The minimum absolute atomic E-state index is 0.153. The zero-order chi connectivity index (χ0) is 7.84. The van der Waals surface area contributed by atoms with Gasteiger partial charge < -0.3 is 4.98 Å². The zero-order valence-corrected chi connectivity index (χ0v) is 6.32. The Hall–Kier alpha value is -1.02. The van der Waals surface area contributed by atoms with Crippen molar-refractivity contribution in [1.29, 1.82) is 0 Å². The number of benzene rings is 1. The van der Waals surface area contributed by atoms with Crippen LogP contribution in [0.4, 0.5) is 4.39 Å². The molecule has 0 saturated heterocycles. The molecule has 0 aliphatic heterocycles. The van der Waals surface area contributed by atoms with Crippen LogP contribution in [0.5, 0.6) is 0 Å². The quantitative estimate of drug-likeness (QED) is 0.624. The summed E-state index contributed by atoms with van der Waals surface area (Å²) in [4.78, 5) is 2.77. The summed E-state index contributed by atoms with van der Waals surface area (Å²) in [6.07, 6.45) is 1.68. The molecule has 1 nitrogen and oxygen atoms in total. The standard InChI is InChI=1S/C8H5ClFN/c9-6-2-1-5-3-4-11-8(5)7(6)10/h1-4,11H. The fourth-order valence-corrected chi connectivity index (χ4v) is 1.22. The molecule has 0 saturated carbocycles. The van der Waals surface area contributed by atoms with Gasteiger partial charge in [0.2, 0.25) is 0 Å². The van der Waals surface area contributed by atoms with E-state index in [0.29, 0.717) is 5.52 Å². The third-order valence-electron chi connectivity index (χ3n) is 1.62. The molecule has 1 aromatic carbocycles. The molecule has 11 heavy (non-hydrogen) atoms. The molecule has 3 heteroatoms. The lowest BCUT2D eigenvalue weighted by atomic mass is 10.2. The molecule has 0 atom stereocenters. The van der Waals surface area contributed by atoms with E-state index in [2.05, 4.69) is 4.98 Å². The van der Waals surface area contributed by atoms with E-state index in [4.69, 9.17) is 11.6 Å². The maximum absolute atomic E-state index is 13.1. The molecule has 0 spiro atoms. The SMILES string of the molecule is Fc1c(Cl)ccc2cc[nH]c12. The van der Waals surface area contributed by atoms with Crippen LogP contribution in [-0.4, -0.2) is 4.98 Å². The minimum atomic E-state index is -0.380. The van der Waals surface area contributed by atoms with E-state index < -0.39 is 0 Å². The minimum Gasteiger partial charge on any atom is -0.359 e. The van der Waals surface area contributed by atoms with Crippen LogP contribution in [0.3, 0.4) is 0 Å². The van der Waals surface area contributed by atoms with Gasteiger partial charge in [0.25, 0.3) is 0 Å². The largest absolute Gasteiger partial charge is 0.359 e. The van der Waals surface area contributed by atoms with Crippen LogP contribution in [0.15, 0.2) is 24.4 Å². The molecule has 0 amide bonds. The molecule has 56 valence electrons. The Morgan fingerprint density at radius 1 is 1.27 bits per heavy atom. The van der Waals surface area contributed by atoms with Crippen molar-refractivity contribution in [2.24, 2.45) is 0 Å². The van der Waals surface area contributed by atoms with Gasteiger partial charge >= 0.3 is 0 Å². The highest BCUT2D eigenvalue weighted by Gasteiger charge is 2.04. The van der Waals surface area contributed by atoms with Crippen molar-refractivity contribution in [3.8, 4) is 0 Å². The first-order valence-electron chi connectivity index (χ1n) is 3.20. The van der Waals surface area contributed by atoms with Gasteiger partial charge in [0, 0.05) is 11.6 Å². The summed E-state index contributed by atoms with van der Waals surface area (Å²) < 4.78 is 13.1. The van der Waals surface area contributed by atoms with Crippen LogP contribution in [0, 0.1) is 5.82 Å². The Balaban J connectivity index is 2.93. The number of fused-ring (bicyclic) bond motifs is 1. The Morgan fingerprint density at radius 2 is 2.09 bits per heavy atom. The van der Waals surface area contributed by atoms with Crippen molar-refractivity contribution in [3.05, 3.63) is 35.2 Å². The molecule has 0 radical (unpaired) electrons. The summed E-state index contributed by atoms with van der Waals surface area (Å²) >= 11 is 5.55. The van der Waals surface area contributed by atoms with Gasteiger partial charge in [0.15, 0.2) is 5.82 Å². The van der Waals surface area contributed by atoms with E-state index in [0.717, 1.165) is 5.39 Å². The fourth-order valence-electron chi connectivity index (χ4n) is 1.07. The highest BCUT2D eigenvalue weighted by atomic mass is 35.5. The number of hydrogen-bond acceptors (Lipinski definition) is 0. The van der Waals surface area contributed by atoms with Crippen LogP contribution in [0.1, 0.15) is 0 Å². The molecule has 0 fully saturated rings. The van der Waals surface area contributed by atoms with Gasteiger partial charge in [-0.25, -0.2) is 4.39 Å². The number of H-pyrrole nitrogens is 1. The monoisotopic (exact) mass is 169 g/mol. The lowest BCUT2D eigenvalue weighted by Gasteiger charge is -1.93. The Bertz CT molecular complexity index is 394. The lowest BCUT2D eigenvalue weighted by Crippen LogP contribution is -1.78. The molecular weight excluding hydrogens is 165 g/mol. The van der Waals surface area contributed by atoms with Gasteiger partial charge in [-0.3, -0.25) is 0 Å². The topological polar surface area (TPSA) is 15.8 Å². The van der Waals surface area contributed by atoms with Crippen LogP contribution < -0.4 is 0 Å². The summed E-state index contributed by atoms with van der Waals surface area (Å²) in [5.74, 6) is -0.380. The number of aromatic nitrogens is 1. The molecule has 1 N–H and O–H groups in total. The van der Waals surface area contributed by atoms with E-state index in [1.165, 1.54) is 0 Å². The summed E-state index contributed by atoms with van der Waals surface area (Å²) in [5, 5.41) is 0.992. The Labute approximate surface area is 67.8 Å². The van der Waals surface area contributed by atoms with E-state index in [9.17, 15) is 4.39 Å². The first-order chi connectivity index (χ1) is 5.29. The molecule has 1 heterocycles. The predicted molar refractivity (Wildman–Crippen MR) is 43.3 cm³/mol. The smallest absolute Gasteiger partial charge is 0.165 e. The van der Waals surface area contributed by atoms with Crippen molar-refractivity contribution in [2.45, 2.75) is 0 Å². The molecule has 2 rings (SSSR count). The molecule has 2 aromatic rings. The average molecular weight is 170 g/mol. The zero-order valence-electron chi connectivity index (χ0n) is 5.57. The fraction of sp³-hybridized carbons (Fsp3) is 0. The molecule has 0 unspecified atom stereocenters. The van der Waals surface area contributed by atoms with Gasteiger partial charge in [-0.15, -0.1) is 0 Å². The number of hydrogen-bond donors (Lipinski definition) is 1. The van der Waals surface area contributed by atoms with E-state index in [-0.39, 0.29) is 10.8 Å². The highest BCUT2D eigenvalue weighted by molar-refractivity contribution is 6.31. The number of nitrogens with one attached hydrogen (secondary N) is 1. The number of aromatic amines is 1. The van der Waals surface area contributed by atoms with E-state index in [1.54, 1.807) is 24.4 Å². The van der Waals surface area contributed by atoms with Crippen molar-refractivity contribution >= 4 is 22.5 Å². The first-order valence-corrected chi connectivity index (χ1v) is 3.58. The molecule has 0 bridgehead atoms. The molecular formula is C8H5ClFN. The third kappa shape index (κ3) is 0.906. The highest BCUT2D eigenvalue weighted by Crippen LogP contribution is 2.22. The van der Waals surface area contributed by atoms with Gasteiger partial charge in [-0.2, -0.15) is 0 Å². The third-order valence-corrected chi connectivity index (χ3v) is 1.91. The Morgan fingerprint density at radius 3 is 2.91 bits per heavy atom. The second-order valence-corrected chi connectivity index (χ2v) is 2.71. The second-order valence-electron chi connectivity index (χ2n) is 2.30. The summed E-state index contributed by atoms with van der Waals surface area (Å²) in [7, 11) is 0. The van der Waals surface area contributed by atoms with Crippen LogP contribution in [0.2, 0.25) is 5.02 Å². The van der Waals surface area contributed by atoms with Gasteiger partial charge in [-0.05, 0) is 12.1 Å². The van der Waals surface area contributed by atoms with Crippen LogP contribution in [0.25, 0.3) is 10.9 Å². The van der Waals surface area contributed by atoms with Crippen LogP contribution in [-0.2, 0) is 0 Å². The van der Waals surface area contributed by atoms with Crippen molar-refractivity contribution < 1.29 is 4.39 Å². The summed E-state index contributed by atoms with van der Waals surface area (Å²) in [6.45, 7) is 0. The summed E-state index contributed by atoms with van der Waals surface area (Å²) in [5.41, 5.74) is 0.470. The normalized spacial score (nSPS) is 10.7. The molecule has 1 aromatic heterocycles. The maximum atomic E-state index is 13.1. The van der Waals surface area contributed by atoms with Crippen molar-refractivity contribution in [1.82, 2.24) is 4.98 Å². The predicted octanol–water partition coefficient (Wildman–Crippen LogP) is 2.96. The second kappa shape index (κ2) is 2.24. The van der Waals surface area contributed by atoms with Crippen molar-refractivity contribution in [2.75, 3.05) is 0 Å². The van der Waals surface area contributed by atoms with Crippen molar-refractivity contribution in [3.63, 3.8) is 0 Å². The average Bonchev–Trinajstić information content (AvgIpc) is 2.45. The maximum Gasteiger partial charge on any atom is 0.165 e. The van der Waals surface area contributed by atoms with E-state index in [1.807, 2.05) is 0 Å². The Kier molecular flexibility index (Phi) is 1.36. The van der Waals surface area contributed by atoms with Crippen LogP contribution >= 0.6 is 11.6 Å². The van der Waals surface area contributed by atoms with Gasteiger partial charge in [0.1, 0.15) is 0 Å². The molecule has 0 aliphatic carbocycles. The first kappa shape index (κ1) is 6.68. The number of rotatable bonds is 0. The lowest BCUT2D eigenvalue weighted by molar-refractivity contribution is 0.638. The number of halogens is 2. The van der Waals surface area contributed by atoms with E-state index >= 15 is 0 Å². The molecule has 0 aliphatic rings. The summed E-state index contributed by atoms with van der Waals surface area (Å²) in [6, 6.07) is 5.12. The van der Waals surface area contributed by atoms with Gasteiger partial charge in [-0.1, -0.05) is 17.7 Å².